The molecule has 0 unspecified atom stereocenters. The van der Waals surface area contributed by atoms with Gasteiger partial charge >= 0.3 is 5.97 Å². The highest BCUT2D eigenvalue weighted by atomic mass is 16.5. The van der Waals surface area contributed by atoms with E-state index < -0.39 is 5.97 Å². The van der Waals surface area contributed by atoms with Crippen molar-refractivity contribution in [2.75, 3.05) is 13.2 Å². The largest absolute Gasteiger partial charge is 0.478 e. The molecule has 2 aromatic heterocycles. The fourth-order valence-electron chi connectivity index (χ4n) is 1.50. The molecular formula is C12H17N3O4. The Hall–Kier alpha value is -2.15. The minimum atomic E-state index is -1.07. The van der Waals surface area contributed by atoms with Crippen molar-refractivity contribution in [2.45, 2.75) is 20.8 Å². The zero-order valence-corrected chi connectivity index (χ0v) is 11.1. The molecule has 0 aromatic carbocycles. The van der Waals surface area contributed by atoms with E-state index in [0.29, 0.717) is 17.4 Å². The Bertz CT molecular complexity index is 565. The van der Waals surface area contributed by atoms with Crippen LogP contribution in [0.4, 0.5) is 0 Å². The van der Waals surface area contributed by atoms with Crippen molar-refractivity contribution in [2.24, 2.45) is 0 Å². The first-order valence-corrected chi connectivity index (χ1v) is 5.96. The average molecular weight is 267 g/mol. The van der Waals surface area contributed by atoms with Gasteiger partial charge in [0.25, 0.3) is 0 Å². The van der Waals surface area contributed by atoms with E-state index in [1.807, 2.05) is 13.8 Å². The molecular weight excluding hydrogens is 250 g/mol. The summed E-state index contributed by atoms with van der Waals surface area (Å²) in [6.45, 7) is 5.65. The summed E-state index contributed by atoms with van der Waals surface area (Å²) in [6, 6.07) is 2.79. The van der Waals surface area contributed by atoms with Crippen LogP contribution in [0.15, 0.2) is 12.1 Å². The van der Waals surface area contributed by atoms with Gasteiger partial charge in [0.1, 0.15) is 12.4 Å². The monoisotopic (exact) mass is 267 g/mol. The highest BCUT2D eigenvalue weighted by Gasteiger charge is 2.13. The summed E-state index contributed by atoms with van der Waals surface area (Å²) in [5, 5.41) is 25.3. The van der Waals surface area contributed by atoms with Crippen molar-refractivity contribution >= 4 is 11.6 Å². The van der Waals surface area contributed by atoms with Crippen LogP contribution in [-0.4, -0.2) is 44.0 Å². The number of carboxylic acids is 1. The number of pyridine rings is 1. The Balaban J connectivity index is 0.000000861. The predicted octanol–water partition coefficient (Wildman–Crippen LogP) is 1.13. The van der Waals surface area contributed by atoms with E-state index in [1.165, 1.54) is 12.1 Å². The maximum Gasteiger partial charge on any atom is 0.336 e. The lowest BCUT2D eigenvalue weighted by Gasteiger charge is -2.08. The summed E-state index contributed by atoms with van der Waals surface area (Å²) >= 11 is 0. The first kappa shape index (κ1) is 14.9. The van der Waals surface area contributed by atoms with E-state index in [-0.39, 0.29) is 18.8 Å². The molecule has 0 amide bonds. The molecule has 0 radical (unpaired) electrons. The van der Waals surface area contributed by atoms with E-state index in [2.05, 4.69) is 10.2 Å². The highest BCUT2D eigenvalue weighted by molar-refractivity contribution is 5.89. The molecule has 104 valence electrons. The van der Waals surface area contributed by atoms with E-state index in [9.17, 15) is 4.79 Å². The molecule has 2 rings (SSSR count). The molecule has 7 heteroatoms. The van der Waals surface area contributed by atoms with Gasteiger partial charge in [-0.1, -0.05) is 13.8 Å². The Morgan fingerprint density at radius 1 is 1.37 bits per heavy atom. The normalized spacial score (nSPS) is 9.89. The smallest absolute Gasteiger partial charge is 0.336 e. The molecule has 0 aliphatic carbocycles. The lowest BCUT2D eigenvalue weighted by atomic mass is 10.2. The van der Waals surface area contributed by atoms with Crippen molar-refractivity contribution in [1.29, 1.82) is 0 Å². The van der Waals surface area contributed by atoms with Crippen molar-refractivity contribution in [1.82, 2.24) is 14.6 Å². The Morgan fingerprint density at radius 2 is 2.05 bits per heavy atom. The zero-order valence-electron chi connectivity index (χ0n) is 11.1. The summed E-state index contributed by atoms with van der Waals surface area (Å²) < 4.78 is 6.85. The number of fused-ring (bicyclic) bond motifs is 1. The summed E-state index contributed by atoms with van der Waals surface area (Å²) in [5.74, 6) is -0.177. The number of aromatic carboxylic acids is 1. The van der Waals surface area contributed by atoms with E-state index >= 15 is 0 Å². The average Bonchev–Trinajstić information content (AvgIpc) is 2.80. The molecule has 19 heavy (non-hydrogen) atoms. The summed E-state index contributed by atoms with van der Waals surface area (Å²) in [6.07, 6.45) is 0. The number of carbonyl (C=O) groups is 1. The van der Waals surface area contributed by atoms with Gasteiger partial charge in [0.15, 0.2) is 5.65 Å². The lowest BCUT2D eigenvalue weighted by molar-refractivity contribution is 0.0696. The second-order valence-electron chi connectivity index (χ2n) is 3.40. The van der Waals surface area contributed by atoms with Crippen molar-refractivity contribution in [3.8, 4) is 5.88 Å². The minimum Gasteiger partial charge on any atom is -0.478 e. The fourth-order valence-corrected chi connectivity index (χ4v) is 1.50. The van der Waals surface area contributed by atoms with Crippen molar-refractivity contribution < 1.29 is 19.7 Å². The maximum absolute atomic E-state index is 10.9. The fraction of sp³-hybridized carbons (Fsp3) is 0.417. The highest BCUT2D eigenvalue weighted by Crippen LogP contribution is 2.18. The van der Waals surface area contributed by atoms with Crippen LogP contribution in [0, 0.1) is 6.92 Å². The number of nitrogens with zero attached hydrogens (tertiary/aromatic N) is 3. The topological polar surface area (TPSA) is 97.0 Å². The third kappa shape index (κ3) is 3.19. The lowest BCUT2D eigenvalue weighted by Crippen LogP contribution is -2.08. The Kier molecular flexibility index (Phi) is 5.25. The number of aryl methyl sites for hydroxylation is 1. The SMILES string of the molecule is CC.Cc1nnc2cc(C(=O)O)cc(OCCO)n12. The molecule has 0 atom stereocenters. The maximum atomic E-state index is 10.9. The van der Waals surface area contributed by atoms with Gasteiger partial charge in [0.2, 0.25) is 5.88 Å². The van der Waals surface area contributed by atoms with Crippen LogP contribution in [0.25, 0.3) is 5.65 Å². The first-order valence-electron chi connectivity index (χ1n) is 5.96. The van der Waals surface area contributed by atoms with Gasteiger partial charge in [-0.3, -0.25) is 0 Å². The molecule has 7 nitrogen and oxygen atoms in total. The Labute approximate surface area is 110 Å². The van der Waals surface area contributed by atoms with Crippen LogP contribution in [0.2, 0.25) is 0 Å². The first-order chi connectivity index (χ1) is 9.13. The van der Waals surface area contributed by atoms with Gasteiger partial charge in [0.05, 0.1) is 12.2 Å². The van der Waals surface area contributed by atoms with Gasteiger partial charge in [-0.2, -0.15) is 0 Å². The predicted molar refractivity (Wildman–Crippen MR) is 68.6 cm³/mol. The number of aliphatic hydroxyl groups excluding tert-OH is 1. The van der Waals surface area contributed by atoms with Gasteiger partial charge in [0, 0.05) is 6.07 Å². The second kappa shape index (κ2) is 6.69. The van der Waals surface area contributed by atoms with Gasteiger partial charge in [-0.25, -0.2) is 9.20 Å². The van der Waals surface area contributed by atoms with E-state index in [1.54, 1.807) is 11.3 Å². The van der Waals surface area contributed by atoms with Crippen molar-refractivity contribution in [3.05, 3.63) is 23.5 Å². The molecule has 0 aliphatic rings. The van der Waals surface area contributed by atoms with Gasteiger partial charge in [-0.05, 0) is 13.0 Å². The number of aliphatic hydroxyl groups is 1. The molecule has 2 N–H and O–H groups in total. The van der Waals surface area contributed by atoms with Crippen LogP contribution in [0.5, 0.6) is 5.88 Å². The summed E-state index contributed by atoms with van der Waals surface area (Å²) in [5.41, 5.74) is 0.466. The molecule has 2 heterocycles. The van der Waals surface area contributed by atoms with Crippen LogP contribution in [0.3, 0.4) is 0 Å². The summed E-state index contributed by atoms with van der Waals surface area (Å²) in [7, 11) is 0. The van der Waals surface area contributed by atoms with Crippen molar-refractivity contribution in [3.63, 3.8) is 0 Å². The molecule has 2 aromatic rings. The quantitative estimate of drug-likeness (QED) is 0.862. The molecule has 0 bridgehead atoms. The summed E-state index contributed by atoms with van der Waals surface area (Å²) in [4.78, 5) is 10.9. The third-order valence-corrected chi connectivity index (χ3v) is 2.22. The third-order valence-electron chi connectivity index (χ3n) is 2.22. The molecule has 0 fully saturated rings. The molecule has 0 saturated carbocycles. The van der Waals surface area contributed by atoms with E-state index in [4.69, 9.17) is 14.9 Å². The number of aromatic nitrogens is 3. The van der Waals surface area contributed by atoms with Crippen LogP contribution in [0.1, 0.15) is 30.0 Å². The van der Waals surface area contributed by atoms with Crippen LogP contribution < -0.4 is 4.74 Å². The van der Waals surface area contributed by atoms with Gasteiger partial charge < -0.3 is 14.9 Å². The molecule has 0 aliphatic heterocycles. The number of hydrogen-bond acceptors (Lipinski definition) is 5. The van der Waals surface area contributed by atoms with Gasteiger partial charge in [-0.15, -0.1) is 10.2 Å². The van der Waals surface area contributed by atoms with Crippen LogP contribution >= 0.6 is 0 Å². The number of hydrogen-bond donors (Lipinski definition) is 2. The standard InChI is InChI=1S/C10H11N3O4.C2H6/c1-6-11-12-8-4-7(10(15)16)5-9(13(6)8)17-3-2-14;1-2/h4-5,14H,2-3H2,1H3,(H,15,16);1-2H3. The number of carboxylic acid groups (broad SMARTS) is 1. The van der Waals surface area contributed by atoms with E-state index in [0.717, 1.165) is 0 Å². The molecule has 0 saturated heterocycles. The Morgan fingerprint density at radius 3 is 2.63 bits per heavy atom. The minimum absolute atomic E-state index is 0.0674. The van der Waals surface area contributed by atoms with Crippen LogP contribution in [-0.2, 0) is 0 Å². The number of ether oxygens (including phenoxy) is 1. The zero-order chi connectivity index (χ0) is 14.4. The second-order valence-corrected chi connectivity index (χ2v) is 3.40. The number of rotatable bonds is 4. The molecule has 0 spiro atoms.